The largest absolute Gasteiger partial charge is 0.494 e. The maximum absolute atomic E-state index is 11.7. The van der Waals surface area contributed by atoms with Gasteiger partial charge in [0.05, 0.1) is 19.6 Å². The van der Waals surface area contributed by atoms with Gasteiger partial charge in [-0.15, -0.1) is 0 Å². The summed E-state index contributed by atoms with van der Waals surface area (Å²) in [5, 5.41) is 0. The summed E-state index contributed by atoms with van der Waals surface area (Å²) in [6.07, 6.45) is 3.12. The number of hydrogen-bond donors (Lipinski definition) is 2. The highest BCUT2D eigenvalue weighted by molar-refractivity contribution is 5.95. The Balaban J connectivity index is 1.67. The van der Waals surface area contributed by atoms with Crippen molar-refractivity contribution in [1.82, 2.24) is 15.8 Å². The number of carbonyl (C=O) groups excluding carboxylic acids is 2. The summed E-state index contributed by atoms with van der Waals surface area (Å²) in [7, 11) is 0. The van der Waals surface area contributed by atoms with Gasteiger partial charge >= 0.3 is 0 Å². The standard InChI is InChI=1S/C17H19N3O4/c1-2-23-14-3-5-15(6-4-14)24-12-9-16(21)19-20-17(22)13-7-10-18-11-8-13/h3-8,10-11H,2,9,12H2,1H3,(H,19,21)(H,20,22). The third kappa shape index (κ3) is 5.60. The van der Waals surface area contributed by atoms with Gasteiger partial charge in [-0.05, 0) is 43.3 Å². The van der Waals surface area contributed by atoms with Crippen LogP contribution in [0.25, 0.3) is 0 Å². The van der Waals surface area contributed by atoms with Crippen molar-refractivity contribution in [2.24, 2.45) is 0 Å². The molecule has 1 heterocycles. The summed E-state index contributed by atoms with van der Waals surface area (Å²) in [4.78, 5) is 27.2. The third-order valence-electron chi connectivity index (χ3n) is 2.99. The molecule has 0 radical (unpaired) electrons. The second-order valence-corrected chi connectivity index (χ2v) is 4.74. The van der Waals surface area contributed by atoms with Crippen LogP contribution in [0.15, 0.2) is 48.8 Å². The quantitative estimate of drug-likeness (QED) is 0.755. The molecule has 0 spiro atoms. The Morgan fingerprint density at radius 1 is 0.958 bits per heavy atom. The molecule has 2 amide bonds. The van der Waals surface area contributed by atoms with Crippen LogP contribution in [0.2, 0.25) is 0 Å². The van der Waals surface area contributed by atoms with E-state index in [1.54, 1.807) is 36.4 Å². The average Bonchev–Trinajstić information content (AvgIpc) is 2.62. The Labute approximate surface area is 140 Å². The molecule has 0 bridgehead atoms. The molecular weight excluding hydrogens is 310 g/mol. The fourth-order valence-corrected chi connectivity index (χ4v) is 1.82. The van der Waals surface area contributed by atoms with Crippen LogP contribution in [0.1, 0.15) is 23.7 Å². The van der Waals surface area contributed by atoms with Crippen LogP contribution < -0.4 is 20.3 Å². The van der Waals surface area contributed by atoms with Crippen LogP contribution in [-0.2, 0) is 4.79 Å². The number of pyridine rings is 1. The first-order valence-electron chi connectivity index (χ1n) is 7.54. The van der Waals surface area contributed by atoms with Gasteiger partial charge < -0.3 is 9.47 Å². The lowest BCUT2D eigenvalue weighted by atomic mass is 10.3. The van der Waals surface area contributed by atoms with Crippen LogP contribution in [0.4, 0.5) is 0 Å². The Hall–Kier alpha value is -3.09. The Kier molecular flexibility index (Phi) is 6.58. The van der Waals surface area contributed by atoms with Gasteiger partial charge in [0.2, 0.25) is 5.91 Å². The van der Waals surface area contributed by atoms with E-state index in [4.69, 9.17) is 9.47 Å². The molecule has 2 rings (SSSR count). The number of aromatic nitrogens is 1. The molecule has 0 fully saturated rings. The van der Waals surface area contributed by atoms with Gasteiger partial charge in [-0.25, -0.2) is 0 Å². The summed E-state index contributed by atoms with van der Waals surface area (Å²) in [5.41, 5.74) is 5.08. The third-order valence-corrected chi connectivity index (χ3v) is 2.99. The molecule has 0 unspecified atom stereocenters. The van der Waals surface area contributed by atoms with Crippen molar-refractivity contribution >= 4 is 11.8 Å². The van der Waals surface area contributed by atoms with Crippen molar-refractivity contribution < 1.29 is 19.1 Å². The number of rotatable bonds is 7. The van der Waals surface area contributed by atoms with E-state index in [0.29, 0.717) is 17.9 Å². The van der Waals surface area contributed by atoms with Crippen LogP contribution in [-0.4, -0.2) is 30.0 Å². The smallest absolute Gasteiger partial charge is 0.269 e. The van der Waals surface area contributed by atoms with Gasteiger partial charge in [0.25, 0.3) is 5.91 Å². The second kappa shape index (κ2) is 9.14. The predicted molar refractivity (Wildman–Crippen MR) is 87.6 cm³/mol. The van der Waals surface area contributed by atoms with Crippen molar-refractivity contribution in [3.63, 3.8) is 0 Å². The summed E-state index contributed by atoms with van der Waals surface area (Å²) in [5.74, 6) is 0.662. The van der Waals surface area contributed by atoms with E-state index in [-0.39, 0.29) is 18.9 Å². The zero-order valence-electron chi connectivity index (χ0n) is 13.3. The minimum atomic E-state index is -0.404. The van der Waals surface area contributed by atoms with E-state index in [2.05, 4.69) is 15.8 Å². The molecule has 0 aliphatic rings. The van der Waals surface area contributed by atoms with Crippen molar-refractivity contribution in [3.05, 3.63) is 54.4 Å². The number of nitrogens with zero attached hydrogens (tertiary/aromatic N) is 1. The Morgan fingerprint density at radius 3 is 2.21 bits per heavy atom. The van der Waals surface area contributed by atoms with E-state index in [9.17, 15) is 9.59 Å². The van der Waals surface area contributed by atoms with Crippen molar-refractivity contribution in [2.45, 2.75) is 13.3 Å². The van der Waals surface area contributed by atoms with E-state index in [1.807, 2.05) is 6.92 Å². The van der Waals surface area contributed by atoms with Crippen molar-refractivity contribution in [3.8, 4) is 11.5 Å². The Morgan fingerprint density at radius 2 is 1.58 bits per heavy atom. The lowest BCUT2D eigenvalue weighted by Crippen LogP contribution is -2.42. The molecule has 7 heteroatoms. The minimum absolute atomic E-state index is 0.115. The summed E-state index contributed by atoms with van der Waals surface area (Å²) in [6, 6.07) is 10.2. The van der Waals surface area contributed by atoms with Crippen LogP contribution >= 0.6 is 0 Å². The number of hydrazine groups is 1. The van der Waals surface area contributed by atoms with E-state index < -0.39 is 5.91 Å². The monoisotopic (exact) mass is 329 g/mol. The molecule has 7 nitrogen and oxygen atoms in total. The van der Waals surface area contributed by atoms with Crippen LogP contribution in [0, 0.1) is 0 Å². The maximum Gasteiger partial charge on any atom is 0.269 e. The highest BCUT2D eigenvalue weighted by Gasteiger charge is 2.07. The number of ether oxygens (including phenoxy) is 2. The fourth-order valence-electron chi connectivity index (χ4n) is 1.82. The highest BCUT2D eigenvalue weighted by Crippen LogP contribution is 2.17. The lowest BCUT2D eigenvalue weighted by molar-refractivity contribution is -0.122. The normalized spacial score (nSPS) is 9.88. The first-order valence-corrected chi connectivity index (χ1v) is 7.54. The summed E-state index contributed by atoms with van der Waals surface area (Å²) < 4.78 is 10.8. The topological polar surface area (TPSA) is 89.5 Å². The molecular formula is C17H19N3O4. The SMILES string of the molecule is CCOc1ccc(OCCC(=O)NNC(=O)c2ccncc2)cc1. The van der Waals surface area contributed by atoms with E-state index >= 15 is 0 Å². The Bertz CT molecular complexity index is 659. The van der Waals surface area contributed by atoms with Crippen LogP contribution in [0.5, 0.6) is 11.5 Å². The molecule has 1 aromatic carbocycles. The second-order valence-electron chi connectivity index (χ2n) is 4.74. The van der Waals surface area contributed by atoms with Gasteiger partial charge in [-0.2, -0.15) is 0 Å². The number of amides is 2. The fraction of sp³-hybridized carbons (Fsp3) is 0.235. The summed E-state index contributed by atoms with van der Waals surface area (Å²) in [6.45, 7) is 2.72. The van der Waals surface area contributed by atoms with Crippen molar-refractivity contribution in [1.29, 1.82) is 0 Å². The molecule has 0 atom stereocenters. The molecule has 0 aliphatic carbocycles. The minimum Gasteiger partial charge on any atom is -0.494 e. The van der Waals surface area contributed by atoms with E-state index in [1.165, 1.54) is 12.4 Å². The molecule has 2 aromatic rings. The van der Waals surface area contributed by atoms with E-state index in [0.717, 1.165) is 5.75 Å². The van der Waals surface area contributed by atoms with Gasteiger partial charge in [0.15, 0.2) is 0 Å². The van der Waals surface area contributed by atoms with Gasteiger partial charge in [-0.1, -0.05) is 0 Å². The number of hydrogen-bond acceptors (Lipinski definition) is 5. The number of nitrogens with one attached hydrogen (secondary N) is 2. The number of benzene rings is 1. The molecule has 0 saturated carbocycles. The first kappa shape index (κ1) is 17.3. The molecule has 0 saturated heterocycles. The molecule has 24 heavy (non-hydrogen) atoms. The van der Waals surface area contributed by atoms with Gasteiger partial charge in [0.1, 0.15) is 11.5 Å². The first-order chi connectivity index (χ1) is 11.7. The van der Waals surface area contributed by atoms with Gasteiger partial charge in [-0.3, -0.25) is 25.4 Å². The zero-order chi connectivity index (χ0) is 17.2. The zero-order valence-corrected chi connectivity index (χ0v) is 13.3. The van der Waals surface area contributed by atoms with Crippen LogP contribution in [0.3, 0.4) is 0 Å². The lowest BCUT2D eigenvalue weighted by Gasteiger charge is -2.09. The molecule has 2 N–H and O–H groups in total. The molecule has 126 valence electrons. The maximum atomic E-state index is 11.7. The summed E-state index contributed by atoms with van der Waals surface area (Å²) >= 11 is 0. The number of carbonyl (C=O) groups is 2. The predicted octanol–water partition coefficient (Wildman–Crippen LogP) is 1.71. The highest BCUT2D eigenvalue weighted by atomic mass is 16.5. The van der Waals surface area contributed by atoms with Crippen molar-refractivity contribution in [2.75, 3.05) is 13.2 Å². The van der Waals surface area contributed by atoms with Gasteiger partial charge in [0, 0.05) is 18.0 Å². The molecule has 0 aliphatic heterocycles. The molecule has 1 aromatic heterocycles. The average molecular weight is 329 g/mol.